The lowest BCUT2D eigenvalue weighted by atomic mass is 10.1. The van der Waals surface area contributed by atoms with Gasteiger partial charge < -0.3 is 20.1 Å². The highest BCUT2D eigenvalue weighted by molar-refractivity contribution is 5.77. The summed E-state index contributed by atoms with van der Waals surface area (Å²) in [6, 6.07) is 5.66. The number of carbonyl (C=O) groups excluding carboxylic acids is 1. The molecule has 0 radical (unpaired) electrons. The van der Waals surface area contributed by atoms with Gasteiger partial charge in [0.2, 0.25) is 0 Å². The van der Waals surface area contributed by atoms with Crippen LogP contribution in [-0.2, 0) is 11.3 Å². The summed E-state index contributed by atoms with van der Waals surface area (Å²) < 4.78 is 28.5. The normalized spacial score (nSPS) is 17.6. The Kier molecular flexibility index (Phi) is 5.13. The Hall–Kier alpha value is -2.38. The van der Waals surface area contributed by atoms with Crippen molar-refractivity contribution in [1.82, 2.24) is 10.2 Å². The van der Waals surface area contributed by atoms with Crippen LogP contribution < -0.4 is 10.1 Å². The number of alkyl halides is 2. The van der Waals surface area contributed by atoms with Crippen molar-refractivity contribution in [1.29, 1.82) is 0 Å². The molecule has 1 aromatic rings. The van der Waals surface area contributed by atoms with E-state index in [1.807, 2.05) is 0 Å². The summed E-state index contributed by atoms with van der Waals surface area (Å²) in [4.78, 5) is 24.2. The molecular weight excluding hydrogens is 298 g/mol. The first-order chi connectivity index (χ1) is 10.5. The van der Waals surface area contributed by atoms with Gasteiger partial charge in [-0.1, -0.05) is 12.1 Å². The summed E-state index contributed by atoms with van der Waals surface area (Å²) in [6.45, 7) is -2.19. The number of aliphatic carboxylic acids is 1. The predicted molar refractivity (Wildman–Crippen MR) is 72.6 cm³/mol. The van der Waals surface area contributed by atoms with Crippen LogP contribution in [0.3, 0.4) is 0 Å². The monoisotopic (exact) mass is 314 g/mol. The van der Waals surface area contributed by atoms with Crippen LogP contribution >= 0.6 is 0 Å². The van der Waals surface area contributed by atoms with Gasteiger partial charge in [-0.2, -0.15) is 8.78 Å². The summed E-state index contributed by atoms with van der Waals surface area (Å²) in [5.41, 5.74) is 0.612. The molecule has 120 valence electrons. The van der Waals surface area contributed by atoms with Crippen molar-refractivity contribution in [3.8, 4) is 5.75 Å². The third-order valence-electron chi connectivity index (χ3n) is 3.39. The zero-order valence-corrected chi connectivity index (χ0v) is 11.7. The Bertz CT molecular complexity index is 553. The fourth-order valence-corrected chi connectivity index (χ4v) is 2.27. The van der Waals surface area contributed by atoms with Crippen LogP contribution in [0.5, 0.6) is 5.75 Å². The molecule has 1 unspecified atom stereocenters. The van der Waals surface area contributed by atoms with Gasteiger partial charge in [0.25, 0.3) is 0 Å². The predicted octanol–water partition coefficient (Wildman–Crippen LogP) is 1.90. The van der Waals surface area contributed by atoms with Crippen LogP contribution in [0, 0.1) is 5.92 Å². The molecule has 8 heteroatoms. The molecule has 1 heterocycles. The number of hydrogen-bond acceptors (Lipinski definition) is 3. The number of halogens is 2. The Morgan fingerprint density at radius 1 is 1.45 bits per heavy atom. The van der Waals surface area contributed by atoms with Crippen molar-refractivity contribution in [2.45, 2.75) is 19.6 Å². The topological polar surface area (TPSA) is 78.9 Å². The van der Waals surface area contributed by atoms with E-state index in [1.54, 1.807) is 12.1 Å². The molecule has 0 aromatic heterocycles. The lowest BCUT2D eigenvalue weighted by molar-refractivity contribution is -0.141. The van der Waals surface area contributed by atoms with Gasteiger partial charge in [0.1, 0.15) is 5.75 Å². The largest absolute Gasteiger partial charge is 0.481 e. The number of carboxylic acids is 1. The first-order valence-electron chi connectivity index (χ1n) is 6.75. The number of carbonyl (C=O) groups is 2. The van der Waals surface area contributed by atoms with Gasteiger partial charge in [0, 0.05) is 19.6 Å². The maximum atomic E-state index is 12.1. The number of carboxylic acid groups (broad SMARTS) is 1. The van der Waals surface area contributed by atoms with Gasteiger partial charge in [-0.15, -0.1) is 0 Å². The number of rotatable bonds is 5. The summed E-state index contributed by atoms with van der Waals surface area (Å²) in [5.74, 6) is -1.42. The zero-order valence-electron chi connectivity index (χ0n) is 11.7. The van der Waals surface area contributed by atoms with Crippen LogP contribution in [0.1, 0.15) is 12.0 Å². The Morgan fingerprint density at radius 2 is 2.23 bits per heavy atom. The molecule has 6 nitrogen and oxygen atoms in total. The second-order valence-electron chi connectivity index (χ2n) is 4.95. The molecule has 22 heavy (non-hydrogen) atoms. The van der Waals surface area contributed by atoms with E-state index in [1.165, 1.54) is 17.0 Å². The van der Waals surface area contributed by atoms with Crippen molar-refractivity contribution < 1.29 is 28.2 Å². The lowest BCUT2D eigenvalue weighted by Crippen LogP contribution is -2.38. The van der Waals surface area contributed by atoms with Crippen LogP contribution in [0.4, 0.5) is 13.6 Å². The van der Waals surface area contributed by atoms with Crippen molar-refractivity contribution in [3.05, 3.63) is 29.8 Å². The van der Waals surface area contributed by atoms with Crippen molar-refractivity contribution in [2.24, 2.45) is 5.92 Å². The highest BCUT2D eigenvalue weighted by Gasteiger charge is 2.30. The van der Waals surface area contributed by atoms with E-state index in [4.69, 9.17) is 5.11 Å². The Morgan fingerprint density at radius 3 is 2.86 bits per heavy atom. The first-order valence-corrected chi connectivity index (χ1v) is 6.75. The van der Waals surface area contributed by atoms with E-state index >= 15 is 0 Å². The lowest BCUT2D eigenvalue weighted by Gasteiger charge is -2.17. The fourth-order valence-electron chi connectivity index (χ4n) is 2.27. The second kappa shape index (κ2) is 7.06. The Labute approximate surface area is 125 Å². The molecule has 0 aliphatic carbocycles. The van der Waals surface area contributed by atoms with E-state index in [0.29, 0.717) is 18.5 Å². The molecule has 2 N–H and O–H groups in total. The smallest absolute Gasteiger partial charge is 0.387 e. The van der Waals surface area contributed by atoms with E-state index in [0.717, 1.165) is 0 Å². The van der Waals surface area contributed by atoms with E-state index in [9.17, 15) is 18.4 Å². The molecule has 1 aromatic carbocycles. The molecule has 1 aliphatic heterocycles. The van der Waals surface area contributed by atoms with E-state index in [-0.39, 0.29) is 24.9 Å². The molecule has 1 atom stereocenters. The number of urea groups is 1. The molecule has 1 aliphatic rings. The van der Waals surface area contributed by atoms with Crippen molar-refractivity contribution >= 4 is 12.0 Å². The molecule has 0 saturated carbocycles. The summed E-state index contributed by atoms with van der Waals surface area (Å²) in [6.07, 6.45) is 0.431. The van der Waals surface area contributed by atoms with Crippen LogP contribution in [-0.4, -0.2) is 41.7 Å². The average molecular weight is 314 g/mol. The summed E-state index contributed by atoms with van der Waals surface area (Å²) in [5, 5.41) is 11.5. The Balaban J connectivity index is 1.85. The summed E-state index contributed by atoms with van der Waals surface area (Å²) >= 11 is 0. The minimum absolute atomic E-state index is 0.0221. The molecule has 2 amide bonds. The minimum Gasteiger partial charge on any atom is -0.481 e. The number of nitrogens with one attached hydrogen (secondary N) is 1. The third-order valence-corrected chi connectivity index (χ3v) is 3.39. The van der Waals surface area contributed by atoms with Gasteiger partial charge in [0.05, 0.1) is 5.92 Å². The van der Waals surface area contributed by atoms with Gasteiger partial charge >= 0.3 is 18.6 Å². The maximum absolute atomic E-state index is 12.1. The molecule has 1 saturated heterocycles. The SMILES string of the molecule is O=C(O)C1CCN(C(=O)NCc2cccc(OC(F)F)c2)C1. The molecule has 1 fully saturated rings. The molecule has 0 spiro atoms. The van der Waals surface area contributed by atoms with Crippen LogP contribution in [0.2, 0.25) is 0 Å². The molecule has 2 rings (SSSR count). The van der Waals surface area contributed by atoms with E-state index in [2.05, 4.69) is 10.1 Å². The van der Waals surface area contributed by atoms with Gasteiger partial charge in [-0.3, -0.25) is 4.79 Å². The number of amides is 2. The maximum Gasteiger partial charge on any atom is 0.387 e. The van der Waals surface area contributed by atoms with Crippen molar-refractivity contribution in [2.75, 3.05) is 13.1 Å². The average Bonchev–Trinajstić information content (AvgIpc) is 2.94. The highest BCUT2D eigenvalue weighted by Crippen LogP contribution is 2.17. The standard InChI is InChI=1S/C14H16F2N2O4/c15-13(16)22-11-3-1-2-9(6-11)7-17-14(21)18-5-4-10(8-18)12(19)20/h1-3,6,10,13H,4-5,7-8H2,(H,17,21)(H,19,20). The second-order valence-corrected chi connectivity index (χ2v) is 4.95. The number of hydrogen-bond donors (Lipinski definition) is 2. The summed E-state index contributed by atoms with van der Waals surface area (Å²) in [7, 11) is 0. The van der Waals surface area contributed by atoms with Gasteiger partial charge in [0.15, 0.2) is 0 Å². The fraction of sp³-hybridized carbons (Fsp3) is 0.429. The molecular formula is C14H16F2N2O4. The third kappa shape index (κ3) is 4.31. The zero-order chi connectivity index (χ0) is 16.1. The highest BCUT2D eigenvalue weighted by atomic mass is 19.3. The minimum atomic E-state index is -2.90. The van der Waals surface area contributed by atoms with Gasteiger partial charge in [-0.25, -0.2) is 4.79 Å². The number of benzene rings is 1. The quantitative estimate of drug-likeness (QED) is 0.870. The number of nitrogens with zero attached hydrogens (tertiary/aromatic N) is 1. The van der Waals surface area contributed by atoms with E-state index < -0.39 is 18.5 Å². The number of ether oxygens (including phenoxy) is 1. The first kappa shape index (κ1) is 16.0. The number of likely N-dealkylation sites (tertiary alicyclic amines) is 1. The van der Waals surface area contributed by atoms with Crippen LogP contribution in [0.15, 0.2) is 24.3 Å². The van der Waals surface area contributed by atoms with Crippen molar-refractivity contribution in [3.63, 3.8) is 0 Å². The molecule has 0 bridgehead atoms. The van der Waals surface area contributed by atoms with Gasteiger partial charge in [-0.05, 0) is 24.1 Å². The van der Waals surface area contributed by atoms with Crippen LogP contribution in [0.25, 0.3) is 0 Å².